The summed E-state index contributed by atoms with van der Waals surface area (Å²) in [6, 6.07) is 6.07. The molecule has 0 aliphatic rings. The van der Waals surface area contributed by atoms with Gasteiger partial charge in [0, 0.05) is 6.54 Å². The molecule has 0 aliphatic carbocycles. The number of para-hydroxylation sites is 1. The third-order valence-electron chi connectivity index (χ3n) is 3.29. The Kier molecular flexibility index (Phi) is 8.19. The predicted molar refractivity (Wildman–Crippen MR) is 89.9 cm³/mol. The third kappa shape index (κ3) is 6.12. The summed E-state index contributed by atoms with van der Waals surface area (Å²) in [6.07, 6.45) is 1.23. The second kappa shape index (κ2) is 9.63. The van der Waals surface area contributed by atoms with Crippen molar-refractivity contribution < 1.29 is 28.0 Å². The fourth-order valence-corrected chi connectivity index (χ4v) is 3.19. The molecule has 0 heterocycles. The second-order valence-corrected chi connectivity index (χ2v) is 6.88. The molecule has 0 fully saturated rings. The summed E-state index contributed by atoms with van der Waals surface area (Å²) in [4.78, 5) is 13.3. The zero-order chi connectivity index (χ0) is 18.2. The standard InChI is InChI=1S/C14H23BN2O6S/c1-3-4-9-17(11-15(19)20)14(18)10-16-24(21,22)13-8-6-5-7-12(13)23-2/h5-8,16,19-20H,3-4,9-11H2,1-2H3. The highest BCUT2D eigenvalue weighted by molar-refractivity contribution is 7.89. The average Bonchev–Trinajstić information content (AvgIpc) is 2.56. The van der Waals surface area contributed by atoms with Crippen molar-refractivity contribution in [2.45, 2.75) is 24.7 Å². The zero-order valence-corrected chi connectivity index (χ0v) is 14.6. The molecular weight excluding hydrogens is 335 g/mol. The van der Waals surface area contributed by atoms with Crippen LogP contribution < -0.4 is 9.46 Å². The van der Waals surface area contributed by atoms with Crippen molar-refractivity contribution in [3.8, 4) is 5.75 Å². The number of nitrogens with one attached hydrogen (secondary N) is 1. The number of nitrogens with zero attached hydrogens (tertiary/aromatic N) is 1. The molecule has 0 aromatic heterocycles. The van der Waals surface area contributed by atoms with Crippen molar-refractivity contribution in [3.05, 3.63) is 24.3 Å². The highest BCUT2D eigenvalue weighted by Gasteiger charge is 2.23. The van der Waals surface area contributed by atoms with E-state index in [9.17, 15) is 13.2 Å². The van der Waals surface area contributed by atoms with Crippen LogP contribution in [0, 0.1) is 0 Å². The first-order chi connectivity index (χ1) is 11.3. The van der Waals surface area contributed by atoms with E-state index in [0.29, 0.717) is 13.0 Å². The van der Waals surface area contributed by atoms with Crippen molar-refractivity contribution in [1.82, 2.24) is 9.62 Å². The number of hydrogen-bond acceptors (Lipinski definition) is 6. The van der Waals surface area contributed by atoms with Crippen LogP contribution in [0.25, 0.3) is 0 Å². The summed E-state index contributed by atoms with van der Waals surface area (Å²) in [7, 11) is -4.24. The van der Waals surface area contributed by atoms with E-state index in [0.717, 1.165) is 6.42 Å². The van der Waals surface area contributed by atoms with Gasteiger partial charge in [0.25, 0.3) is 0 Å². The maximum atomic E-state index is 12.3. The van der Waals surface area contributed by atoms with Gasteiger partial charge in [-0.15, -0.1) is 0 Å². The second-order valence-electron chi connectivity index (χ2n) is 5.15. The largest absolute Gasteiger partial charge is 0.495 e. The lowest BCUT2D eigenvalue weighted by Crippen LogP contribution is -2.45. The van der Waals surface area contributed by atoms with Gasteiger partial charge in [-0.05, 0) is 18.6 Å². The summed E-state index contributed by atoms with van der Waals surface area (Å²) < 4.78 is 31.9. The molecule has 0 aliphatic heterocycles. The van der Waals surface area contributed by atoms with Crippen LogP contribution >= 0.6 is 0 Å². The minimum Gasteiger partial charge on any atom is -0.495 e. The van der Waals surface area contributed by atoms with E-state index in [2.05, 4.69) is 4.72 Å². The number of rotatable bonds is 10. The number of ether oxygens (including phenoxy) is 1. The topological polar surface area (TPSA) is 116 Å². The summed E-state index contributed by atoms with van der Waals surface area (Å²) in [5.41, 5.74) is 0. The minimum absolute atomic E-state index is 0.0670. The Morgan fingerprint density at radius 2 is 2.00 bits per heavy atom. The molecule has 0 saturated carbocycles. The van der Waals surface area contributed by atoms with Gasteiger partial charge < -0.3 is 19.7 Å². The maximum absolute atomic E-state index is 12.3. The monoisotopic (exact) mass is 358 g/mol. The number of hydrogen-bond donors (Lipinski definition) is 3. The lowest BCUT2D eigenvalue weighted by molar-refractivity contribution is -0.129. The van der Waals surface area contributed by atoms with E-state index in [1.54, 1.807) is 12.1 Å². The first-order valence-corrected chi connectivity index (χ1v) is 9.06. The molecule has 24 heavy (non-hydrogen) atoms. The summed E-state index contributed by atoms with van der Waals surface area (Å²) in [5.74, 6) is -0.360. The molecule has 134 valence electrons. The molecule has 0 radical (unpaired) electrons. The first-order valence-electron chi connectivity index (χ1n) is 7.58. The Balaban J connectivity index is 2.79. The highest BCUT2D eigenvalue weighted by Crippen LogP contribution is 2.22. The molecule has 8 nitrogen and oxygen atoms in total. The van der Waals surface area contributed by atoms with E-state index >= 15 is 0 Å². The Morgan fingerprint density at radius 1 is 1.33 bits per heavy atom. The third-order valence-corrected chi connectivity index (χ3v) is 4.73. The smallest absolute Gasteiger partial charge is 0.472 e. The molecule has 1 amide bonds. The van der Waals surface area contributed by atoms with Gasteiger partial charge in [-0.1, -0.05) is 25.5 Å². The van der Waals surface area contributed by atoms with E-state index in [1.807, 2.05) is 6.92 Å². The first kappa shape index (κ1) is 20.4. The lowest BCUT2D eigenvalue weighted by atomic mass is 9.91. The van der Waals surface area contributed by atoms with Crippen LogP contribution in [0.5, 0.6) is 5.75 Å². The summed E-state index contributed by atoms with van der Waals surface area (Å²) in [5, 5.41) is 18.1. The van der Waals surface area contributed by atoms with Crippen LogP contribution in [-0.4, -0.2) is 63.0 Å². The number of amides is 1. The van der Waals surface area contributed by atoms with E-state index in [-0.39, 0.29) is 17.1 Å². The van der Waals surface area contributed by atoms with Crippen LogP contribution in [0.4, 0.5) is 0 Å². The number of carbonyl (C=O) groups excluding carboxylic acids is 1. The Bertz CT molecular complexity index is 638. The lowest BCUT2D eigenvalue weighted by Gasteiger charge is -2.22. The minimum atomic E-state index is -3.93. The number of sulfonamides is 1. The molecule has 1 aromatic carbocycles. The van der Waals surface area contributed by atoms with Crippen LogP contribution in [0.3, 0.4) is 0 Å². The Morgan fingerprint density at radius 3 is 2.58 bits per heavy atom. The van der Waals surface area contributed by atoms with Gasteiger partial charge >= 0.3 is 7.12 Å². The van der Waals surface area contributed by atoms with Gasteiger partial charge in [0.05, 0.1) is 20.1 Å². The van der Waals surface area contributed by atoms with Crippen molar-refractivity contribution in [1.29, 1.82) is 0 Å². The molecule has 1 rings (SSSR count). The molecule has 1 aromatic rings. The van der Waals surface area contributed by atoms with Crippen LogP contribution in [0.2, 0.25) is 0 Å². The number of methoxy groups -OCH3 is 1. The van der Waals surface area contributed by atoms with Gasteiger partial charge in [-0.3, -0.25) is 4.79 Å². The Labute approximate surface area is 142 Å². The van der Waals surface area contributed by atoms with E-state index < -0.39 is 29.6 Å². The average molecular weight is 358 g/mol. The molecular formula is C14H23BN2O6S. The van der Waals surface area contributed by atoms with E-state index in [4.69, 9.17) is 14.8 Å². The van der Waals surface area contributed by atoms with Crippen molar-refractivity contribution in [2.24, 2.45) is 0 Å². The maximum Gasteiger partial charge on any atom is 0.472 e. The van der Waals surface area contributed by atoms with Crippen LogP contribution in [-0.2, 0) is 14.8 Å². The van der Waals surface area contributed by atoms with E-state index in [1.165, 1.54) is 24.1 Å². The number of benzene rings is 1. The van der Waals surface area contributed by atoms with Crippen LogP contribution in [0.15, 0.2) is 29.2 Å². The van der Waals surface area contributed by atoms with Crippen molar-refractivity contribution in [2.75, 3.05) is 26.6 Å². The normalized spacial score (nSPS) is 11.2. The van der Waals surface area contributed by atoms with Crippen molar-refractivity contribution in [3.63, 3.8) is 0 Å². The summed E-state index contributed by atoms with van der Waals surface area (Å²) >= 11 is 0. The fraction of sp³-hybridized carbons (Fsp3) is 0.500. The van der Waals surface area contributed by atoms with Crippen LogP contribution in [0.1, 0.15) is 19.8 Å². The highest BCUT2D eigenvalue weighted by atomic mass is 32.2. The van der Waals surface area contributed by atoms with Gasteiger partial charge in [-0.25, -0.2) is 13.1 Å². The molecule has 0 atom stereocenters. The zero-order valence-electron chi connectivity index (χ0n) is 13.8. The van der Waals surface area contributed by atoms with Gasteiger partial charge in [0.1, 0.15) is 10.6 Å². The molecule has 10 heteroatoms. The number of carbonyl (C=O) groups is 1. The van der Waals surface area contributed by atoms with Gasteiger partial charge in [0.2, 0.25) is 15.9 Å². The predicted octanol–water partition coefficient (Wildman–Crippen LogP) is -0.386. The van der Waals surface area contributed by atoms with Crippen molar-refractivity contribution >= 4 is 23.0 Å². The van der Waals surface area contributed by atoms with Gasteiger partial charge in [0.15, 0.2) is 0 Å². The molecule has 0 bridgehead atoms. The fourth-order valence-electron chi connectivity index (χ4n) is 2.05. The molecule has 3 N–H and O–H groups in total. The number of unbranched alkanes of at least 4 members (excludes halogenated alkanes) is 1. The Hall–Kier alpha value is -1.62. The SMILES string of the molecule is CCCCN(CB(O)O)C(=O)CNS(=O)(=O)c1ccccc1OC. The molecule has 0 spiro atoms. The van der Waals surface area contributed by atoms with Gasteiger partial charge in [-0.2, -0.15) is 0 Å². The quantitative estimate of drug-likeness (QED) is 0.491. The summed E-state index contributed by atoms with van der Waals surface area (Å²) in [6.45, 7) is 1.78. The molecule has 0 saturated heterocycles. The molecule has 0 unspecified atom stereocenters.